The molecule has 0 radical (unpaired) electrons. The molecule has 3 aromatic rings. The number of rotatable bonds is 3. The van der Waals surface area contributed by atoms with E-state index in [4.69, 9.17) is 0 Å². The van der Waals surface area contributed by atoms with Crippen molar-refractivity contribution < 1.29 is 13.2 Å². The molecule has 122 valence electrons. The lowest BCUT2D eigenvalue weighted by Gasteiger charge is -2.05. The molecule has 0 N–H and O–H groups in total. The summed E-state index contributed by atoms with van der Waals surface area (Å²) in [5, 5.41) is 4.45. The SMILES string of the molecule is CCSc1c(-c2nc3cc(C)cnc3s2)c(C(F)(F)F)nn1C. The van der Waals surface area contributed by atoms with E-state index in [0.717, 1.165) is 16.9 Å². The summed E-state index contributed by atoms with van der Waals surface area (Å²) < 4.78 is 41.4. The van der Waals surface area contributed by atoms with Crippen LogP contribution in [-0.4, -0.2) is 25.5 Å². The number of thioether (sulfide) groups is 1. The summed E-state index contributed by atoms with van der Waals surface area (Å²) in [7, 11) is 1.52. The Morgan fingerprint density at radius 2 is 2.09 bits per heavy atom. The van der Waals surface area contributed by atoms with Gasteiger partial charge in [-0.1, -0.05) is 18.3 Å². The van der Waals surface area contributed by atoms with Crippen LogP contribution in [0.1, 0.15) is 18.2 Å². The molecule has 0 fully saturated rings. The number of thiazole rings is 1. The highest BCUT2D eigenvalue weighted by atomic mass is 32.2. The number of nitrogens with zero attached hydrogens (tertiary/aromatic N) is 4. The highest BCUT2D eigenvalue weighted by Crippen LogP contribution is 2.43. The van der Waals surface area contributed by atoms with Gasteiger partial charge in [0.05, 0.1) is 5.56 Å². The molecular weight excluding hydrogens is 345 g/mol. The first-order valence-corrected chi connectivity index (χ1v) is 8.62. The summed E-state index contributed by atoms with van der Waals surface area (Å²) in [5.74, 6) is 0.645. The van der Waals surface area contributed by atoms with Gasteiger partial charge >= 0.3 is 6.18 Å². The lowest BCUT2D eigenvalue weighted by Crippen LogP contribution is -2.08. The minimum Gasteiger partial charge on any atom is -0.261 e. The molecule has 0 atom stereocenters. The number of aromatic nitrogens is 4. The van der Waals surface area contributed by atoms with Crippen LogP contribution >= 0.6 is 23.1 Å². The summed E-state index contributed by atoms with van der Waals surface area (Å²) in [6.45, 7) is 3.76. The van der Waals surface area contributed by atoms with E-state index < -0.39 is 11.9 Å². The third-order valence-corrected chi connectivity index (χ3v) is 5.17. The highest BCUT2D eigenvalue weighted by molar-refractivity contribution is 7.99. The molecule has 3 heterocycles. The standard InChI is InChI=1S/C14H13F3N4S2/c1-4-22-13-9(10(14(15,16)17)20-21(13)3)12-19-8-5-7(2)6-18-11(8)23-12/h5-6H,4H2,1-3H3. The van der Waals surface area contributed by atoms with Gasteiger partial charge in [-0.15, -0.1) is 11.8 Å². The Balaban J connectivity index is 2.26. The largest absolute Gasteiger partial charge is 0.435 e. The van der Waals surface area contributed by atoms with Gasteiger partial charge in [0.1, 0.15) is 20.4 Å². The molecule has 3 aromatic heterocycles. The van der Waals surface area contributed by atoms with Gasteiger partial charge in [-0.25, -0.2) is 9.97 Å². The van der Waals surface area contributed by atoms with Gasteiger partial charge in [0.25, 0.3) is 0 Å². The first-order valence-electron chi connectivity index (χ1n) is 6.81. The Hall–Kier alpha value is -1.61. The van der Waals surface area contributed by atoms with Gasteiger partial charge in [0.2, 0.25) is 0 Å². The van der Waals surface area contributed by atoms with Gasteiger partial charge in [-0.05, 0) is 24.3 Å². The summed E-state index contributed by atoms with van der Waals surface area (Å²) in [5.41, 5.74) is 0.674. The fraction of sp³-hybridized carbons (Fsp3) is 0.357. The van der Waals surface area contributed by atoms with Crippen LogP contribution < -0.4 is 0 Å². The fourth-order valence-corrected chi connectivity index (χ4v) is 4.07. The predicted molar refractivity (Wildman–Crippen MR) is 85.8 cm³/mol. The maximum atomic E-state index is 13.4. The second-order valence-corrected chi connectivity index (χ2v) is 7.17. The van der Waals surface area contributed by atoms with Crippen molar-refractivity contribution >= 4 is 33.4 Å². The van der Waals surface area contributed by atoms with Crippen LogP contribution in [0.5, 0.6) is 0 Å². The number of alkyl halides is 3. The van der Waals surface area contributed by atoms with Gasteiger partial charge in [-0.2, -0.15) is 18.3 Å². The van der Waals surface area contributed by atoms with Crippen LogP contribution in [0.3, 0.4) is 0 Å². The number of hydrogen-bond donors (Lipinski definition) is 0. The first-order chi connectivity index (χ1) is 10.8. The second kappa shape index (κ2) is 5.79. The molecule has 4 nitrogen and oxygen atoms in total. The Morgan fingerprint density at radius 3 is 2.74 bits per heavy atom. The molecule has 0 bridgehead atoms. The van der Waals surface area contributed by atoms with Crippen molar-refractivity contribution in [2.45, 2.75) is 25.0 Å². The van der Waals surface area contributed by atoms with Crippen LogP contribution in [0.25, 0.3) is 20.9 Å². The Labute approximate surface area is 138 Å². The quantitative estimate of drug-likeness (QED) is 0.645. The number of aryl methyl sites for hydroxylation is 2. The molecule has 0 saturated carbocycles. The predicted octanol–water partition coefficient (Wildman–Crippen LogP) is 4.53. The molecule has 0 aliphatic heterocycles. The van der Waals surface area contributed by atoms with Gasteiger partial charge in [-0.3, -0.25) is 4.68 Å². The van der Waals surface area contributed by atoms with Gasteiger partial charge < -0.3 is 0 Å². The maximum absolute atomic E-state index is 13.4. The minimum absolute atomic E-state index is 0.0486. The highest BCUT2D eigenvalue weighted by Gasteiger charge is 2.40. The van der Waals surface area contributed by atoms with Crippen LogP contribution in [0, 0.1) is 6.92 Å². The number of hydrogen-bond acceptors (Lipinski definition) is 5. The van der Waals surface area contributed by atoms with E-state index in [1.807, 2.05) is 19.9 Å². The second-order valence-electron chi connectivity index (χ2n) is 4.94. The molecule has 0 aliphatic carbocycles. The van der Waals surface area contributed by atoms with Crippen molar-refractivity contribution in [2.75, 3.05) is 5.75 Å². The van der Waals surface area contributed by atoms with Crippen molar-refractivity contribution in [3.63, 3.8) is 0 Å². The van der Waals surface area contributed by atoms with Crippen molar-refractivity contribution in [3.05, 3.63) is 23.5 Å². The molecular formula is C14H13F3N4S2. The van der Waals surface area contributed by atoms with E-state index >= 15 is 0 Å². The van der Waals surface area contributed by atoms with E-state index in [0.29, 0.717) is 26.1 Å². The fourth-order valence-electron chi connectivity index (χ4n) is 2.23. The third kappa shape index (κ3) is 2.94. The Bertz CT molecular complexity index is 867. The average molecular weight is 358 g/mol. The van der Waals surface area contributed by atoms with Crippen molar-refractivity contribution in [2.24, 2.45) is 7.05 Å². The molecule has 0 spiro atoms. The van der Waals surface area contributed by atoms with Crippen LogP contribution in [0.4, 0.5) is 13.2 Å². The van der Waals surface area contributed by atoms with Crippen LogP contribution in [-0.2, 0) is 13.2 Å². The van der Waals surface area contributed by atoms with Crippen molar-refractivity contribution in [1.29, 1.82) is 0 Å². The molecule has 9 heteroatoms. The normalized spacial score (nSPS) is 12.3. The van der Waals surface area contributed by atoms with E-state index in [-0.39, 0.29) is 5.56 Å². The van der Waals surface area contributed by atoms with E-state index in [2.05, 4.69) is 15.1 Å². The zero-order chi connectivity index (χ0) is 16.8. The zero-order valence-electron chi connectivity index (χ0n) is 12.6. The van der Waals surface area contributed by atoms with Gasteiger partial charge in [0, 0.05) is 13.2 Å². The Kier molecular flexibility index (Phi) is 4.09. The Morgan fingerprint density at radius 1 is 1.35 bits per heavy atom. The lowest BCUT2D eigenvalue weighted by molar-refractivity contribution is -0.140. The summed E-state index contributed by atoms with van der Waals surface area (Å²) >= 11 is 2.47. The monoisotopic (exact) mass is 358 g/mol. The van der Waals surface area contributed by atoms with E-state index in [1.54, 1.807) is 6.20 Å². The average Bonchev–Trinajstić information content (AvgIpc) is 3.00. The topological polar surface area (TPSA) is 43.6 Å². The molecule has 3 rings (SSSR count). The lowest BCUT2D eigenvalue weighted by atomic mass is 10.2. The van der Waals surface area contributed by atoms with E-state index in [9.17, 15) is 13.2 Å². The maximum Gasteiger partial charge on any atom is 0.435 e. The molecule has 0 aliphatic rings. The first kappa shape index (κ1) is 16.3. The smallest absolute Gasteiger partial charge is 0.261 e. The van der Waals surface area contributed by atoms with Crippen LogP contribution in [0.15, 0.2) is 17.3 Å². The van der Waals surface area contributed by atoms with Crippen molar-refractivity contribution in [3.8, 4) is 10.6 Å². The van der Waals surface area contributed by atoms with Crippen molar-refractivity contribution in [1.82, 2.24) is 19.7 Å². The van der Waals surface area contributed by atoms with Gasteiger partial charge in [0.15, 0.2) is 5.69 Å². The summed E-state index contributed by atoms with van der Waals surface area (Å²) in [6.07, 6.45) is -2.85. The minimum atomic E-state index is -4.53. The summed E-state index contributed by atoms with van der Waals surface area (Å²) in [4.78, 5) is 9.23. The summed E-state index contributed by atoms with van der Waals surface area (Å²) in [6, 6.07) is 1.82. The molecule has 0 unspecified atom stereocenters. The number of pyridine rings is 1. The van der Waals surface area contributed by atoms with Crippen LogP contribution in [0.2, 0.25) is 0 Å². The molecule has 23 heavy (non-hydrogen) atoms. The molecule has 0 aromatic carbocycles. The molecule has 0 amide bonds. The molecule has 0 saturated heterocycles. The third-order valence-electron chi connectivity index (χ3n) is 3.14. The van der Waals surface area contributed by atoms with E-state index in [1.165, 1.54) is 23.5 Å². The number of fused-ring (bicyclic) bond motifs is 1. The zero-order valence-corrected chi connectivity index (χ0v) is 14.2. The number of halogens is 3.